The number of nitrogens with zero attached hydrogens (tertiary/aromatic N) is 2. The van der Waals surface area contributed by atoms with Crippen LogP contribution in [0.15, 0.2) is 24.3 Å². The molecule has 286 valence electrons. The highest BCUT2D eigenvalue weighted by atomic mass is 16.2. The van der Waals surface area contributed by atoms with E-state index in [9.17, 15) is 28.8 Å². The molecule has 12 heteroatoms. The van der Waals surface area contributed by atoms with Gasteiger partial charge in [0.15, 0.2) is 0 Å². The van der Waals surface area contributed by atoms with Gasteiger partial charge in [0.05, 0.1) is 12.1 Å². The Bertz CT molecular complexity index is 1500. The van der Waals surface area contributed by atoms with Gasteiger partial charge in [0, 0.05) is 31.2 Å². The summed E-state index contributed by atoms with van der Waals surface area (Å²) in [4.78, 5) is 85.2. The quantitative estimate of drug-likeness (QED) is 0.210. The summed E-state index contributed by atoms with van der Waals surface area (Å²) in [7, 11) is 0. The average Bonchev–Trinajstić information content (AvgIpc) is 3.71. The molecule has 12 nitrogen and oxygen atoms in total. The molecule has 1 aromatic carbocycles. The SMILES string of the molecule is CCCC(NC(=O)[C@@H]1[C@@H](C(C)C)CCN1C(=O)[C@@H](NC(=O)N[C@H](CN1Cc2ccccc2C1=O)C(C)(C)C)C1CCCCC1)C(=O)C(=O)NC1CC1. The molecular formula is C40H60N6O6. The molecule has 4 N–H and O–H groups in total. The third-order valence-corrected chi connectivity index (χ3v) is 11.5. The minimum Gasteiger partial charge on any atom is -0.347 e. The second-order valence-corrected chi connectivity index (χ2v) is 16.9. The van der Waals surface area contributed by atoms with Crippen molar-refractivity contribution in [2.24, 2.45) is 23.2 Å². The lowest BCUT2D eigenvalue weighted by Crippen LogP contribution is -2.61. The number of benzene rings is 1. The lowest BCUT2D eigenvalue weighted by molar-refractivity contribution is -0.144. The average molecular weight is 721 g/mol. The number of Topliss-reactive ketones (excluding diaryl/α,β-unsaturated/α-hetero) is 1. The maximum atomic E-state index is 14.7. The number of carbonyl (C=O) groups excluding carboxylic acids is 6. The maximum Gasteiger partial charge on any atom is 0.315 e. The molecule has 0 radical (unpaired) electrons. The first-order chi connectivity index (χ1) is 24.7. The van der Waals surface area contributed by atoms with Crippen LogP contribution in [0.2, 0.25) is 0 Å². The predicted octanol–water partition coefficient (Wildman–Crippen LogP) is 4.31. The van der Waals surface area contributed by atoms with Crippen molar-refractivity contribution in [1.29, 1.82) is 0 Å². The van der Waals surface area contributed by atoms with Crippen molar-refractivity contribution in [1.82, 2.24) is 31.1 Å². The van der Waals surface area contributed by atoms with Gasteiger partial charge in [0.1, 0.15) is 12.1 Å². The number of hydrogen-bond donors (Lipinski definition) is 4. The molecule has 2 saturated carbocycles. The summed E-state index contributed by atoms with van der Waals surface area (Å²) in [6.07, 6.45) is 7.71. The number of hydrogen-bond acceptors (Lipinski definition) is 6. The fourth-order valence-electron chi connectivity index (χ4n) is 8.14. The Labute approximate surface area is 309 Å². The van der Waals surface area contributed by atoms with Crippen LogP contribution in [0.4, 0.5) is 4.79 Å². The van der Waals surface area contributed by atoms with Crippen molar-refractivity contribution in [2.45, 2.75) is 143 Å². The van der Waals surface area contributed by atoms with Crippen LogP contribution in [0.25, 0.3) is 0 Å². The van der Waals surface area contributed by atoms with Crippen LogP contribution in [-0.2, 0) is 25.7 Å². The van der Waals surface area contributed by atoms with Gasteiger partial charge in [0.2, 0.25) is 17.6 Å². The second-order valence-electron chi connectivity index (χ2n) is 16.9. The standard InChI is InChI=1S/C40H60N6O6/c1-7-13-30(34(47)36(49)41-27-18-19-27)42-35(48)33-28(24(2)3)20-21-46(33)38(51)32(25-14-9-8-10-15-25)44-39(52)43-31(40(4,5)6)23-45-22-26-16-11-12-17-29(26)37(45)50/h11-12,16-17,24-25,27-28,30-33H,7-10,13-15,18-23H2,1-6H3,(H,41,49)(H,42,48)(H2,43,44,52)/t28-,30?,31-,32+,33+/m1/s1. The smallest absolute Gasteiger partial charge is 0.315 e. The van der Waals surface area contributed by atoms with E-state index in [0.717, 1.165) is 50.5 Å². The van der Waals surface area contributed by atoms with Crippen molar-refractivity contribution in [2.75, 3.05) is 13.1 Å². The Balaban J connectivity index is 1.33. The van der Waals surface area contributed by atoms with Gasteiger partial charge < -0.3 is 31.1 Å². The van der Waals surface area contributed by atoms with Crippen molar-refractivity contribution >= 4 is 35.4 Å². The van der Waals surface area contributed by atoms with E-state index >= 15 is 0 Å². The molecule has 1 aromatic rings. The Morgan fingerprint density at radius 1 is 0.904 bits per heavy atom. The minimum atomic E-state index is -0.982. The van der Waals surface area contributed by atoms with E-state index in [4.69, 9.17) is 0 Å². The van der Waals surface area contributed by atoms with E-state index in [1.807, 2.05) is 65.8 Å². The summed E-state index contributed by atoms with van der Waals surface area (Å²) < 4.78 is 0. The zero-order chi connectivity index (χ0) is 37.7. The number of amides is 6. The Morgan fingerprint density at radius 3 is 2.21 bits per heavy atom. The summed E-state index contributed by atoms with van der Waals surface area (Å²) in [5.41, 5.74) is 1.24. The van der Waals surface area contributed by atoms with Crippen molar-refractivity contribution in [3.8, 4) is 0 Å². The minimum absolute atomic E-state index is 0.0163. The van der Waals surface area contributed by atoms with Gasteiger partial charge in [-0.2, -0.15) is 0 Å². The number of fused-ring (bicyclic) bond motifs is 1. The Kier molecular flexibility index (Phi) is 12.7. The number of urea groups is 1. The molecule has 1 unspecified atom stereocenters. The van der Waals surface area contributed by atoms with Crippen LogP contribution in [0.5, 0.6) is 0 Å². The fraction of sp³-hybridized carbons (Fsp3) is 0.700. The number of likely N-dealkylation sites (tertiary alicyclic amines) is 1. The molecule has 2 aliphatic heterocycles. The zero-order valence-electron chi connectivity index (χ0n) is 32.0. The van der Waals surface area contributed by atoms with Crippen molar-refractivity contribution in [3.63, 3.8) is 0 Å². The lowest BCUT2D eigenvalue weighted by atomic mass is 9.82. The summed E-state index contributed by atoms with van der Waals surface area (Å²) in [5, 5.41) is 11.8. The van der Waals surface area contributed by atoms with E-state index < -0.39 is 53.2 Å². The number of ketones is 1. The van der Waals surface area contributed by atoms with Crippen LogP contribution >= 0.6 is 0 Å². The summed E-state index contributed by atoms with van der Waals surface area (Å²) >= 11 is 0. The number of nitrogens with one attached hydrogen (secondary N) is 4. The number of carbonyl (C=O) groups is 6. The summed E-state index contributed by atoms with van der Waals surface area (Å²) in [6.45, 7) is 13.1. The van der Waals surface area contributed by atoms with Gasteiger partial charge in [-0.1, -0.05) is 85.4 Å². The van der Waals surface area contributed by atoms with Crippen LogP contribution in [0.3, 0.4) is 0 Å². The highest BCUT2D eigenvalue weighted by molar-refractivity contribution is 6.38. The first-order valence-electron chi connectivity index (χ1n) is 19.6. The second kappa shape index (κ2) is 16.8. The molecule has 3 fully saturated rings. The molecule has 6 amide bonds. The zero-order valence-corrected chi connectivity index (χ0v) is 32.0. The van der Waals surface area contributed by atoms with Gasteiger partial charge in [-0.15, -0.1) is 0 Å². The third kappa shape index (κ3) is 9.33. The van der Waals surface area contributed by atoms with Gasteiger partial charge >= 0.3 is 6.03 Å². The largest absolute Gasteiger partial charge is 0.347 e. The molecule has 5 atom stereocenters. The molecule has 2 aliphatic carbocycles. The summed E-state index contributed by atoms with van der Waals surface area (Å²) in [6, 6.07) is 4.00. The topological polar surface area (TPSA) is 157 Å². The molecular weight excluding hydrogens is 660 g/mol. The predicted molar refractivity (Wildman–Crippen MR) is 198 cm³/mol. The van der Waals surface area contributed by atoms with Gasteiger partial charge in [-0.05, 0) is 73.3 Å². The monoisotopic (exact) mass is 720 g/mol. The number of rotatable bonds is 14. The van der Waals surface area contributed by atoms with Gasteiger partial charge in [0.25, 0.3) is 11.8 Å². The van der Waals surface area contributed by atoms with E-state index in [2.05, 4.69) is 21.3 Å². The third-order valence-electron chi connectivity index (χ3n) is 11.5. The fourth-order valence-corrected chi connectivity index (χ4v) is 8.14. The first-order valence-corrected chi connectivity index (χ1v) is 19.6. The molecule has 4 aliphatic rings. The lowest BCUT2D eigenvalue weighted by Gasteiger charge is -2.38. The Morgan fingerprint density at radius 2 is 1.60 bits per heavy atom. The van der Waals surface area contributed by atoms with Crippen LogP contribution in [0.1, 0.15) is 122 Å². The van der Waals surface area contributed by atoms with Crippen LogP contribution in [0, 0.1) is 23.2 Å². The van der Waals surface area contributed by atoms with E-state index in [1.54, 1.807) is 9.80 Å². The van der Waals surface area contributed by atoms with E-state index in [1.165, 1.54) is 0 Å². The van der Waals surface area contributed by atoms with Crippen LogP contribution < -0.4 is 21.3 Å². The van der Waals surface area contributed by atoms with E-state index in [-0.39, 0.29) is 35.6 Å². The van der Waals surface area contributed by atoms with E-state index in [0.29, 0.717) is 44.5 Å². The first kappa shape index (κ1) is 39.3. The highest BCUT2D eigenvalue weighted by Crippen LogP contribution is 2.34. The molecule has 0 spiro atoms. The van der Waals surface area contributed by atoms with Gasteiger partial charge in [-0.3, -0.25) is 24.0 Å². The van der Waals surface area contributed by atoms with Crippen molar-refractivity contribution < 1.29 is 28.8 Å². The highest BCUT2D eigenvalue weighted by Gasteiger charge is 2.47. The normalized spacial score (nSPS) is 22.4. The Hall–Kier alpha value is -3.96. The van der Waals surface area contributed by atoms with Crippen molar-refractivity contribution in [3.05, 3.63) is 35.4 Å². The molecule has 0 aromatic heterocycles. The van der Waals surface area contributed by atoms with Crippen LogP contribution in [-0.4, -0.2) is 88.5 Å². The molecule has 5 rings (SSSR count). The molecule has 2 heterocycles. The molecule has 1 saturated heterocycles. The molecule has 52 heavy (non-hydrogen) atoms. The van der Waals surface area contributed by atoms with Gasteiger partial charge in [-0.25, -0.2) is 4.79 Å². The molecule has 0 bridgehead atoms. The summed E-state index contributed by atoms with van der Waals surface area (Å²) in [5.74, 6) is -2.33. The maximum absolute atomic E-state index is 14.7.